The van der Waals surface area contributed by atoms with E-state index in [0.29, 0.717) is 5.88 Å². The van der Waals surface area contributed by atoms with E-state index in [-0.39, 0.29) is 0 Å². The summed E-state index contributed by atoms with van der Waals surface area (Å²) in [6.07, 6.45) is 4.75. The van der Waals surface area contributed by atoms with Crippen LogP contribution in [0.1, 0.15) is 5.56 Å². The molecule has 0 saturated heterocycles. The first-order valence-corrected chi connectivity index (χ1v) is 4.56. The molecule has 0 saturated carbocycles. The Bertz CT molecular complexity index is 457. The average molecular weight is 201 g/mol. The molecule has 1 heterocycles. The molecule has 2 aromatic rings. The van der Waals surface area contributed by atoms with E-state index >= 15 is 0 Å². The Morgan fingerprint density at radius 2 is 2.13 bits per heavy atom. The van der Waals surface area contributed by atoms with Crippen molar-refractivity contribution in [3.63, 3.8) is 0 Å². The molecule has 4 nitrogen and oxygen atoms in total. The van der Waals surface area contributed by atoms with Gasteiger partial charge < -0.3 is 10.5 Å². The maximum Gasteiger partial charge on any atom is 0.237 e. The summed E-state index contributed by atoms with van der Waals surface area (Å²) in [5.41, 5.74) is 7.33. The number of nitrogens with zero attached hydrogens (tertiary/aromatic N) is 2. The van der Waals surface area contributed by atoms with Gasteiger partial charge in [0.1, 0.15) is 5.75 Å². The van der Waals surface area contributed by atoms with Gasteiger partial charge >= 0.3 is 0 Å². The summed E-state index contributed by atoms with van der Waals surface area (Å²) in [5.74, 6) is 1.22. The summed E-state index contributed by atoms with van der Waals surface area (Å²) in [6, 6.07) is 5.46. The van der Waals surface area contributed by atoms with Crippen LogP contribution in [0.2, 0.25) is 0 Å². The highest BCUT2D eigenvalue weighted by Crippen LogP contribution is 2.24. The fourth-order valence-corrected chi connectivity index (χ4v) is 1.24. The Kier molecular flexibility index (Phi) is 2.49. The fraction of sp³-hybridized carbons (Fsp3) is 0.0909. The van der Waals surface area contributed by atoms with Gasteiger partial charge in [0.25, 0.3) is 0 Å². The number of hydrogen-bond donors (Lipinski definition) is 1. The molecule has 4 heteroatoms. The van der Waals surface area contributed by atoms with E-state index in [0.717, 1.165) is 17.0 Å². The van der Waals surface area contributed by atoms with Crippen LogP contribution in [0.15, 0.2) is 36.8 Å². The Morgan fingerprint density at radius 3 is 2.80 bits per heavy atom. The van der Waals surface area contributed by atoms with E-state index in [1.54, 1.807) is 24.7 Å². The molecule has 0 spiro atoms. The van der Waals surface area contributed by atoms with Crippen LogP contribution in [0.4, 0.5) is 5.69 Å². The molecule has 0 unspecified atom stereocenters. The van der Waals surface area contributed by atoms with Gasteiger partial charge in [-0.05, 0) is 30.7 Å². The number of ether oxygens (including phenoxy) is 1. The van der Waals surface area contributed by atoms with Crippen molar-refractivity contribution in [2.24, 2.45) is 0 Å². The van der Waals surface area contributed by atoms with Gasteiger partial charge in [-0.2, -0.15) is 0 Å². The number of hydrogen-bond acceptors (Lipinski definition) is 4. The second-order valence-electron chi connectivity index (χ2n) is 3.17. The van der Waals surface area contributed by atoms with Crippen molar-refractivity contribution in [1.82, 2.24) is 9.97 Å². The number of aromatic nitrogens is 2. The molecular formula is C11H11N3O. The van der Waals surface area contributed by atoms with Crippen molar-refractivity contribution in [2.75, 3.05) is 5.73 Å². The molecule has 0 aliphatic rings. The highest BCUT2D eigenvalue weighted by Gasteiger charge is 2.01. The van der Waals surface area contributed by atoms with Crippen molar-refractivity contribution < 1.29 is 4.74 Å². The third-order valence-corrected chi connectivity index (χ3v) is 1.95. The van der Waals surface area contributed by atoms with Crippen molar-refractivity contribution in [2.45, 2.75) is 6.92 Å². The van der Waals surface area contributed by atoms with Crippen molar-refractivity contribution in [3.05, 3.63) is 42.4 Å². The highest BCUT2D eigenvalue weighted by atomic mass is 16.5. The van der Waals surface area contributed by atoms with Crippen LogP contribution in [0.5, 0.6) is 11.6 Å². The molecule has 0 aliphatic heterocycles. The average Bonchev–Trinajstić information content (AvgIpc) is 2.24. The van der Waals surface area contributed by atoms with Gasteiger partial charge in [0.05, 0.1) is 6.20 Å². The van der Waals surface area contributed by atoms with Crippen molar-refractivity contribution in [3.8, 4) is 11.6 Å². The molecule has 2 rings (SSSR count). The summed E-state index contributed by atoms with van der Waals surface area (Å²) in [5, 5.41) is 0. The van der Waals surface area contributed by atoms with Crippen LogP contribution >= 0.6 is 0 Å². The number of aryl methyl sites for hydroxylation is 1. The van der Waals surface area contributed by atoms with Gasteiger partial charge in [-0.3, -0.25) is 4.98 Å². The smallest absolute Gasteiger partial charge is 0.237 e. The maximum atomic E-state index is 5.64. The van der Waals surface area contributed by atoms with Gasteiger partial charge in [-0.1, -0.05) is 0 Å². The fourth-order valence-electron chi connectivity index (χ4n) is 1.24. The quantitative estimate of drug-likeness (QED) is 0.756. The molecule has 15 heavy (non-hydrogen) atoms. The minimum atomic E-state index is 0.477. The predicted molar refractivity (Wildman–Crippen MR) is 57.7 cm³/mol. The standard InChI is InChI=1S/C11H11N3O/c1-8-6-9(12)2-3-10(8)15-11-7-13-4-5-14-11/h2-7H,12H2,1H3. The van der Waals surface area contributed by atoms with Crippen molar-refractivity contribution >= 4 is 5.69 Å². The summed E-state index contributed by atoms with van der Waals surface area (Å²) in [6.45, 7) is 1.93. The van der Waals surface area contributed by atoms with E-state index in [2.05, 4.69) is 9.97 Å². The molecule has 0 bridgehead atoms. The Balaban J connectivity index is 2.25. The lowest BCUT2D eigenvalue weighted by Crippen LogP contribution is -1.92. The SMILES string of the molecule is Cc1cc(N)ccc1Oc1cnccn1. The van der Waals surface area contributed by atoms with Crippen LogP contribution in [0.25, 0.3) is 0 Å². The molecule has 1 aromatic carbocycles. The molecule has 0 amide bonds. The van der Waals surface area contributed by atoms with E-state index in [1.165, 1.54) is 0 Å². The summed E-state index contributed by atoms with van der Waals surface area (Å²) in [4.78, 5) is 7.94. The molecule has 0 atom stereocenters. The third kappa shape index (κ3) is 2.22. The Hall–Kier alpha value is -2.10. The zero-order valence-corrected chi connectivity index (χ0v) is 8.34. The van der Waals surface area contributed by atoms with Gasteiger partial charge in [-0.15, -0.1) is 0 Å². The largest absolute Gasteiger partial charge is 0.437 e. The lowest BCUT2D eigenvalue weighted by molar-refractivity contribution is 0.457. The Morgan fingerprint density at radius 1 is 1.27 bits per heavy atom. The first kappa shape index (κ1) is 9.45. The number of nitrogen functional groups attached to an aromatic ring is 1. The van der Waals surface area contributed by atoms with Crippen LogP contribution in [0.3, 0.4) is 0 Å². The van der Waals surface area contributed by atoms with Crippen LogP contribution in [0, 0.1) is 6.92 Å². The molecule has 2 N–H and O–H groups in total. The van der Waals surface area contributed by atoms with Crippen LogP contribution in [-0.4, -0.2) is 9.97 Å². The third-order valence-electron chi connectivity index (χ3n) is 1.95. The van der Waals surface area contributed by atoms with E-state index in [1.807, 2.05) is 19.1 Å². The van der Waals surface area contributed by atoms with Gasteiger partial charge in [0.15, 0.2) is 0 Å². The monoisotopic (exact) mass is 201 g/mol. The normalized spacial score (nSPS) is 9.93. The lowest BCUT2D eigenvalue weighted by atomic mass is 10.2. The van der Waals surface area contributed by atoms with Crippen LogP contribution < -0.4 is 10.5 Å². The van der Waals surface area contributed by atoms with Gasteiger partial charge in [0, 0.05) is 18.1 Å². The number of nitrogens with two attached hydrogens (primary N) is 1. The number of benzene rings is 1. The van der Waals surface area contributed by atoms with Gasteiger partial charge in [-0.25, -0.2) is 4.98 Å². The zero-order chi connectivity index (χ0) is 10.7. The summed E-state index contributed by atoms with van der Waals surface area (Å²) >= 11 is 0. The minimum absolute atomic E-state index is 0.477. The van der Waals surface area contributed by atoms with E-state index < -0.39 is 0 Å². The van der Waals surface area contributed by atoms with E-state index in [9.17, 15) is 0 Å². The van der Waals surface area contributed by atoms with Crippen molar-refractivity contribution in [1.29, 1.82) is 0 Å². The molecule has 0 radical (unpaired) electrons. The molecule has 0 fully saturated rings. The molecule has 0 aliphatic carbocycles. The summed E-state index contributed by atoms with van der Waals surface area (Å²) in [7, 11) is 0. The number of rotatable bonds is 2. The van der Waals surface area contributed by atoms with E-state index in [4.69, 9.17) is 10.5 Å². The summed E-state index contributed by atoms with van der Waals surface area (Å²) < 4.78 is 5.53. The topological polar surface area (TPSA) is 61.0 Å². The highest BCUT2D eigenvalue weighted by molar-refractivity contribution is 5.47. The first-order chi connectivity index (χ1) is 7.25. The predicted octanol–water partition coefficient (Wildman–Crippen LogP) is 2.16. The second kappa shape index (κ2) is 3.96. The number of anilines is 1. The maximum absolute atomic E-state index is 5.64. The molecule has 76 valence electrons. The first-order valence-electron chi connectivity index (χ1n) is 4.56. The molecule has 1 aromatic heterocycles. The van der Waals surface area contributed by atoms with Gasteiger partial charge in [0.2, 0.25) is 5.88 Å². The minimum Gasteiger partial charge on any atom is -0.437 e. The zero-order valence-electron chi connectivity index (χ0n) is 8.34. The second-order valence-corrected chi connectivity index (χ2v) is 3.17. The molecular weight excluding hydrogens is 190 g/mol. The lowest BCUT2D eigenvalue weighted by Gasteiger charge is -2.07. The van der Waals surface area contributed by atoms with Crippen LogP contribution in [-0.2, 0) is 0 Å². The Labute approximate surface area is 87.7 Å².